The Morgan fingerprint density at radius 2 is 1.82 bits per heavy atom. The van der Waals surface area contributed by atoms with E-state index >= 15 is 0 Å². The maximum atomic E-state index is 12.5. The number of ketones is 1. The third-order valence-corrected chi connectivity index (χ3v) is 5.16. The van der Waals surface area contributed by atoms with E-state index in [1.54, 1.807) is 36.1 Å². The molecule has 6 heteroatoms. The summed E-state index contributed by atoms with van der Waals surface area (Å²) in [7, 11) is 0. The number of esters is 1. The standard InChI is InChI=1S/C22H25NO5/c1-3-16-6-8-17(9-7-16)20(24)15(2)28-22(26)18-10-12-23(13-11-18)21(25)19-5-4-14-27-19/h4-9,14-15,18H,3,10-13H2,1-2H3/t15-/m1/s1. The second kappa shape index (κ2) is 8.87. The van der Waals surface area contributed by atoms with E-state index in [0.29, 0.717) is 37.3 Å². The van der Waals surface area contributed by atoms with Crippen molar-refractivity contribution in [3.8, 4) is 0 Å². The normalized spacial score (nSPS) is 15.9. The van der Waals surface area contributed by atoms with Gasteiger partial charge in [0.15, 0.2) is 11.9 Å². The van der Waals surface area contributed by atoms with E-state index in [9.17, 15) is 14.4 Å². The first-order valence-electron chi connectivity index (χ1n) is 9.66. The molecule has 0 N–H and O–H groups in total. The van der Waals surface area contributed by atoms with Gasteiger partial charge >= 0.3 is 5.97 Å². The summed E-state index contributed by atoms with van der Waals surface area (Å²) in [5.41, 5.74) is 1.69. The van der Waals surface area contributed by atoms with Gasteiger partial charge in [-0.15, -0.1) is 0 Å². The van der Waals surface area contributed by atoms with Crippen LogP contribution in [-0.2, 0) is 16.0 Å². The van der Waals surface area contributed by atoms with Gasteiger partial charge < -0.3 is 14.1 Å². The zero-order valence-electron chi connectivity index (χ0n) is 16.2. The molecule has 1 fully saturated rings. The summed E-state index contributed by atoms with van der Waals surface area (Å²) in [6.45, 7) is 4.57. The Bertz CT molecular complexity index is 817. The predicted octanol–water partition coefficient (Wildman–Crippen LogP) is 3.51. The Hall–Kier alpha value is -2.89. The Balaban J connectivity index is 1.50. The topological polar surface area (TPSA) is 76.8 Å². The van der Waals surface area contributed by atoms with Crippen LogP contribution in [-0.4, -0.2) is 41.8 Å². The van der Waals surface area contributed by atoms with Crippen LogP contribution < -0.4 is 0 Å². The van der Waals surface area contributed by atoms with Crippen LogP contribution in [0.2, 0.25) is 0 Å². The van der Waals surface area contributed by atoms with E-state index in [1.807, 2.05) is 12.1 Å². The van der Waals surface area contributed by atoms with Crippen LogP contribution in [0.3, 0.4) is 0 Å². The minimum atomic E-state index is -0.831. The summed E-state index contributed by atoms with van der Waals surface area (Å²) in [5.74, 6) is -0.763. The van der Waals surface area contributed by atoms with Crippen molar-refractivity contribution < 1.29 is 23.5 Å². The second-order valence-corrected chi connectivity index (χ2v) is 7.04. The summed E-state index contributed by atoms with van der Waals surface area (Å²) >= 11 is 0. The van der Waals surface area contributed by atoms with Crippen LogP contribution in [0.1, 0.15) is 53.2 Å². The van der Waals surface area contributed by atoms with Crippen molar-refractivity contribution in [2.24, 2.45) is 5.92 Å². The number of nitrogens with zero attached hydrogens (tertiary/aromatic N) is 1. The summed E-state index contributed by atoms with van der Waals surface area (Å²) < 4.78 is 10.6. The third kappa shape index (κ3) is 4.50. The molecule has 28 heavy (non-hydrogen) atoms. The number of likely N-dealkylation sites (tertiary alicyclic amines) is 1. The first-order chi connectivity index (χ1) is 13.5. The van der Waals surface area contributed by atoms with E-state index in [1.165, 1.54) is 6.26 Å². The molecular weight excluding hydrogens is 358 g/mol. The van der Waals surface area contributed by atoms with Crippen molar-refractivity contribution in [2.45, 2.75) is 39.2 Å². The molecule has 2 aromatic rings. The van der Waals surface area contributed by atoms with Crippen LogP contribution in [0.25, 0.3) is 0 Å². The van der Waals surface area contributed by atoms with Crippen molar-refractivity contribution in [2.75, 3.05) is 13.1 Å². The molecule has 1 aromatic carbocycles. The summed E-state index contributed by atoms with van der Waals surface area (Å²) in [4.78, 5) is 38.9. The van der Waals surface area contributed by atoms with Crippen LogP contribution in [0.4, 0.5) is 0 Å². The molecule has 1 aliphatic heterocycles. The quantitative estimate of drug-likeness (QED) is 0.564. The molecule has 0 spiro atoms. The molecule has 1 saturated heterocycles. The van der Waals surface area contributed by atoms with Crippen LogP contribution >= 0.6 is 0 Å². The molecule has 1 aliphatic rings. The summed E-state index contributed by atoms with van der Waals surface area (Å²) in [6, 6.07) is 10.7. The van der Waals surface area contributed by atoms with Gasteiger partial charge in [0.1, 0.15) is 0 Å². The van der Waals surface area contributed by atoms with Crippen LogP contribution in [0.5, 0.6) is 0 Å². The van der Waals surface area contributed by atoms with Gasteiger partial charge in [0.05, 0.1) is 12.2 Å². The van der Waals surface area contributed by atoms with Gasteiger partial charge in [0, 0.05) is 18.7 Å². The lowest BCUT2D eigenvalue weighted by molar-refractivity contribution is -0.152. The van der Waals surface area contributed by atoms with Crippen LogP contribution in [0, 0.1) is 5.92 Å². The molecule has 1 amide bonds. The van der Waals surface area contributed by atoms with Crippen molar-refractivity contribution in [1.29, 1.82) is 0 Å². The molecule has 0 unspecified atom stereocenters. The van der Waals surface area contributed by atoms with Gasteiger partial charge in [-0.25, -0.2) is 0 Å². The molecule has 0 radical (unpaired) electrons. The molecule has 6 nitrogen and oxygen atoms in total. The Kier molecular flexibility index (Phi) is 6.29. The molecular formula is C22H25NO5. The van der Waals surface area contributed by atoms with Gasteiger partial charge in [-0.1, -0.05) is 31.2 Å². The fraction of sp³-hybridized carbons (Fsp3) is 0.409. The molecule has 2 heterocycles. The van der Waals surface area contributed by atoms with Crippen LogP contribution in [0.15, 0.2) is 47.1 Å². The SMILES string of the molecule is CCc1ccc(C(=O)[C@@H](C)OC(=O)C2CCN(C(=O)c3ccco3)CC2)cc1. The summed E-state index contributed by atoms with van der Waals surface area (Å²) in [6.07, 6.45) is 2.56. The third-order valence-electron chi connectivity index (χ3n) is 5.16. The van der Waals surface area contributed by atoms with E-state index in [-0.39, 0.29) is 23.6 Å². The first kappa shape index (κ1) is 19.9. The van der Waals surface area contributed by atoms with Crippen molar-refractivity contribution in [1.82, 2.24) is 4.90 Å². The Labute approximate surface area is 164 Å². The largest absolute Gasteiger partial charge is 0.459 e. The Morgan fingerprint density at radius 1 is 1.14 bits per heavy atom. The van der Waals surface area contributed by atoms with Gasteiger partial charge in [-0.3, -0.25) is 14.4 Å². The van der Waals surface area contributed by atoms with E-state index in [4.69, 9.17) is 9.15 Å². The van der Waals surface area contributed by atoms with Gasteiger partial charge in [-0.2, -0.15) is 0 Å². The molecule has 148 valence electrons. The number of carbonyl (C=O) groups is 3. The number of Topliss-reactive ketones (excluding diaryl/α,β-unsaturated/α-hetero) is 1. The van der Waals surface area contributed by atoms with Gasteiger partial charge in [0.25, 0.3) is 5.91 Å². The number of furan rings is 1. The fourth-order valence-electron chi connectivity index (χ4n) is 3.34. The zero-order valence-corrected chi connectivity index (χ0v) is 16.2. The number of amides is 1. The van der Waals surface area contributed by atoms with Gasteiger partial charge in [0.2, 0.25) is 5.78 Å². The number of piperidine rings is 1. The molecule has 0 bridgehead atoms. The molecule has 0 saturated carbocycles. The molecule has 1 atom stereocenters. The minimum absolute atomic E-state index is 0.170. The molecule has 1 aromatic heterocycles. The Morgan fingerprint density at radius 3 is 2.39 bits per heavy atom. The lowest BCUT2D eigenvalue weighted by Crippen LogP contribution is -2.41. The highest BCUT2D eigenvalue weighted by molar-refractivity contribution is 6.00. The highest BCUT2D eigenvalue weighted by Gasteiger charge is 2.31. The smallest absolute Gasteiger partial charge is 0.309 e. The molecule has 0 aliphatic carbocycles. The fourth-order valence-corrected chi connectivity index (χ4v) is 3.34. The van der Waals surface area contributed by atoms with Crippen molar-refractivity contribution in [3.05, 3.63) is 59.5 Å². The lowest BCUT2D eigenvalue weighted by atomic mass is 9.96. The second-order valence-electron chi connectivity index (χ2n) is 7.04. The van der Waals surface area contributed by atoms with E-state index in [0.717, 1.165) is 12.0 Å². The highest BCUT2D eigenvalue weighted by atomic mass is 16.5. The monoisotopic (exact) mass is 383 g/mol. The first-order valence-corrected chi connectivity index (χ1v) is 9.66. The maximum absolute atomic E-state index is 12.5. The predicted molar refractivity (Wildman–Crippen MR) is 103 cm³/mol. The average molecular weight is 383 g/mol. The average Bonchev–Trinajstić information content (AvgIpc) is 3.27. The zero-order chi connectivity index (χ0) is 20.1. The van der Waals surface area contributed by atoms with E-state index < -0.39 is 6.10 Å². The van der Waals surface area contributed by atoms with Gasteiger partial charge in [-0.05, 0) is 43.9 Å². The minimum Gasteiger partial charge on any atom is -0.459 e. The molecule has 3 rings (SSSR count). The number of hydrogen-bond acceptors (Lipinski definition) is 5. The number of ether oxygens (including phenoxy) is 1. The number of rotatable bonds is 6. The highest BCUT2D eigenvalue weighted by Crippen LogP contribution is 2.21. The maximum Gasteiger partial charge on any atom is 0.309 e. The number of aryl methyl sites for hydroxylation is 1. The lowest BCUT2D eigenvalue weighted by Gasteiger charge is -2.30. The van der Waals surface area contributed by atoms with Crippen molar-refractivity contribution >= 4 is 17.7 Å². The summed E-state index contributed by atoms with van der Waals surface area (Å²) in [5, 5.41) is 0. The van der Waals surface area contributed by atoms with E-state index in [2.05, 4.69) is 6.92 Å². The number of hydrogen-bond donors (Lipinski definition) is 0. The number of carbonyl (C=O) groups excluding carboxylic acids is 3. The number of benzene rings is 1. The van der Waals surface area contributed by atoms with Crippen molar-refractivity contribution in [3.63, 3.8) is 0 Å².